The molecule has 3 atom stereocenters. The fourth-order valence-corrected chi connectivity index (χ4v) is 8.45. The van der Waals surface area contributed by atoms with Gasteiger partial charge in [0.1, 0.15) is 43.2 Å². The number of phenolic OH excluding ortho intramolecular Hbond substituents is 1. The van der Waals surface area contributed by atoms with Crippen molar-refractivity contribution in [3.8, 4) is 17.2 Å². The van der Waals surface area contributed by atoms with Gasteiger partial charge in [0, 0.05) is 31.1 Å². The molecule has 5 N–H and O–H groups in total. The number of esters is 1. The number of aliphatic hydroxyl groups excluding tert-OH is 1. The van der Waals surface area contributed by atoms with E-state index in [1.165, 1.54) is 12.1 Å². The van der Waals surface area contributed by atoms with Gasteiger partial charge in [0.25, 0.3) is 0 Å². The van der Waals surface area contributed by atoms with Gasteiger partial charge in [-0.3, -0.25) is 9.69 Å². The second-order valence-electron chi connectivity index (χ2n) is 15.8. The van der Waals surface area contributed by atoms with E-state index in [4.69, 9.17) is 30.5 Å². The lowest BCUT2D eigenvalue weighted by Crippen LogP contribution is -2.52. The van der Waals surface area contributed by atoms with Crippen LogP contribution in [-0.4, -0.2) is 77.7 Å². The second-order valence-corrected chi connectivity index (χ2v) is 16.2. The average Bonchev–Trinajstić information content (AvgIpc) is 3.31. The lowest BCUT2D eigenvalue weighted by atomic mass is 9.86. The molecule has 9 rings (SSSR count). The van der Waals surface area contributed by atoms with Crippen LogP contribution in [0, 0.1) is 5.92 Å². The van der Waals surface area contributed by atoms with E-state index < -0.39 is 24.2 Å². The Morgan fingerprint density at radius 1 is 0.857 bits per heavy atom. The number of benzene rings is 5. The molecule has 4 heterocycles. The molecule has 1 aromatic heterocycles. The number of aliphatic hydroxyl groups is 1. The van der Waals surface area contributed by atoms with Crippen molar-refractivity contribution in [1.82, 2.24) is 20.5 Å². The Morgan fingerprint density at radius 2 is 1.63 bits per heavy atom. The predicted molar refractivity (Wildman–Crippen MR) is 238 cm³/mol. The molecule has 0 aliphatic carbocycles. The number of aromatic nitrogens is 1. The Labute approximate surface area is 369 Å². The number of pyridine rings is 1. The van der Waals surface area contributed by atoms with Crippen LogP contribution in [0.5, 0.6) is 17.2 Å². The quantitative estimate of drug-likeness (QED) is 0.0456. The van der Waals surface area contributed by atoms with E-state index >= 15 is 0 Å². The van der Waals surface area contributed by atoms with E-state index in [2.05, 4.69) is 20.5 Å². The zero-order valence-corrected chi connectivity index (χ0v) is 35.3. The normalized spacial score (nSPS) is 17.7. The standard InChI is InChI=1S/C49H49ClN4O9/c50-45-36(27-51-28-41(56)38-16-18-40(55)47-39(38)17-19-44(57)52-47)9-5-11-42(45)60-24-25-61-48(58)34-14-12-31(13-15-34)30-62-37-10-4-8-35(26-37)46(33-6-2-1-3-7-33)53-49(59)63-43-29-54-22-20-32(43)21-23-54/h1-19,26,32,41,43,46,51,55-56H,20-25,27-30H2,(H,52,57)(H,53,59)/t41-,43+,46?/m1/s1. The number of aromatic hydroxyl groups is 1. The summed E-state index contributed by atoms with van der Waals surface area (Å²) in [5.74, 6) is 0.881. The first-order valence-electron chi connectivity index (χ1n) is 21.1. The SMILES string of the molecule is O=C(NC(c1ccccc1)c1cccc(OCc2ccc(C(=O)OCCOc3cccc(CNC[C@@H](O)c4ccc(O)c5[nH]c(=O)ccc45)c3Cl)cc2)c1)O[C@H]1CN2CCC1CC2. The Bertz CT molecular complexity index is 2580. The number of rotatable bonds is 17. The average molecular weight is 873 g/mol. The van der Waals surface area contributed by atoms with Gasteiger partial charge in [-0.05, 0) is 102 Å². The third-order valence-corrected chi connectivity index (χ3v) is 12.0. The maximum absolute atomic E-state index is 13.2. The van der Waals surface area contributed by atoms with Gasteiger partial charge in [-0.25, -0.2) is 9.59 Å². The minimum Gasteiger partial charge on any atom is -0.506 e. The Kier molecular flexibility index (Phi) is 13.9. The Balaban J connectivity index is 0.788. The number of halogens is 1. The van der Waals surface area contributed by atoms with E-state index in [1.54, 1.807) is 36.4 Å². The number of H-pyrrole nitrogens is 1. The summed E-state index contributed by atoms with van der Waals surface area (Å²) < 4.78 is 23.4. The molecule has 13 nitrogen and oxygen atoms in total. The van der Waals surface area contributed by atoms with E-state index in [9.17, 15) is 24.6 Å². The number of hydrogen-bond donors (Lipinski definition) is 5. The first-order valence-corrected chi connectivity index (χ1v) is 21.4. The van der Waals surface area contributed by atoms with Crippen molar-refractivity contribution in [2.45, 2.75) is 44.2 Å². The van der Waals surface area contributed by atoms with Gasteiger partial charge in [-0.2, -0.15) is 0 Å². The summed E-state index contributed by atoms with van der Waals surface area (Å²) in [5, 5.41) is 28.3. The van der Waals surface area contributed by atoms with Crippen LogP contribution in [0.4, 0.5) is 4.79 Å². The molecule has 5 aromatic carbocycles. The van der Waals surface area contributed by atoms with Gasteiger partial charge in [0.05, 0.1) is 28.2 Å². The number of aromatic amines is 1. The van der Waals surface area contributed by atoms with Crippen molar-refractivity contribution in [2.75, 3.05) is 39.4 Å². The molecule has 14 heteroatoms. The molecule has 63 heavy (non-hydrogen) atoms. The van der Waals surface area contributed by atoms with Crippen molar-refractivity contribution >= 4 is 34.6 Å². The maximum Gasteiger partial charge on any atom is 0.408 e. The second kappa shape index (κ2) is 20.2. The molecule has 1 amide bonds. The van der Waals surface area contributed by atoms with Crippen molar-refractivity contribution in [3.05, 3.63) is 170 Å². The van der Waals surface area contributed by atoms with Gasteiger partial charge in [-0.1, -0.05) is 84.4 Å². The monoisotopic (exact) mass is 872 g/mol. The topological polar surface area (TPSA) is 172 Å². The zero-order valence-electron chi connectivity index (χ0n) is 34.5. The van der Waals surface area contributed by atoms with Crippen LogP contribution in [0.2, 0.25) is 5.02 Å². The van der Waals surface area contributed by atoms with Crippen molar-refractivity contribution in [3.63, 3.8) is 0 Å². The number of carbonyl (C=O) groups is 2. The summed E-state index contributed by atoms with van der Waals surface area (Å²) in [6.07, 6.45) is 0.655. The van der Waals surface area contributed by atoms with E-state index in [0.717, 1.165) is 54.7 Å². The molecule has 3 fully saturated rings. The molecule has 0 spiro atoms. The molecular weight excluding hydrogens is 824 g/mol. The maximum atomic E-state index is 13.2. The molecule has 1 unspecified atom stereocenters. The number of piperidine rings is 3. The fraction of sp³-hybridized carbons (Fsp3) is 0.286. The van der Waals surface area contributed by atoms with Gasteiger partial charge in [0.15, 0.2) is 0 Å². The highest BCUT2D eigenvalue weighted by Gasteiger charge is 2.37. The van der Waals surface area contributed by atoms with Crippen molar-refractivity contribution in [2.24, 2.45) is 5.92 Å². The smallest absolute Gasteiger partial charge is 0.408 e. The highest BCUT2D eigenvalue weighted by Crippen LogP contribution is 2.32. The Morgan fingerprint density at radius 3 is 2.41 bits per heavy atom. The summed E-state index contributed by atoms with van der Waals surface area (Å²) >= 11 is 6.64. The lowest BCUT2D eigenvalue weighted by molar-refractivity contribution is -0.0336. The first kappa shape index (κ1) is 43.3. The number of nitrogens with one attached hydrogen (secondary N) is 3. The largest absolute Gasteiger partial charge is 0.506 e. The van der Waals surface area contributed by atoms with Crippen LogP contribution in [0.15, 0.2) is 126 Å². The van der Waals surface area contributed by atoms with Gasteiger partial charge in [0.2, 0.25) is 5.56 Å². The minimum atomic E-state index is -0.929. The fourth-order valence-electron chi connectivity index (χ4n) is 8.20. The van der Waals surface area contributed by atoms with Crippen LogP contribution in [0.3, 0.4) is 0 Å². The number of carbonyl (C=O) groups excluding carboxylic acids is 2. The Hall–Kier alpha value is -6.38. The van der Waals surface area contributed by atoms with Crippen LogP contribution in [0.25, 0.3) is 10.9 Å². The lowest BCUT2D eigenvalue weighted by Gasteiger charge is -2.43. The van der Waals surface area contributed by atoms with Crippen LogP contribution < -0.4 is 25.7 Å². The van der Waals surface area contributed by atoms with E-state index in [0.29, 0.717) is 45.5 Å². The van der Waals surface area contributed by atoms with Crippen molar-refractivity contribution in [1.29, 1.82) is 0 Å². The summed E-state index contributed by atoms with van der Waals surface area (Å²) in [5.41, 5.74) is 4.21. The highest BCUT2D eigenvalue weighted by atomic mass is 35.5. The van der Waals surface area contributed by atoms with Gasteiger partial charge >= 0.3 is 12.1 Å². The summed E-state index contributed by atoms with van der Waals surface area (Å²) in [7, 11) is 0. The number of nitrogens with zero attached hydrogens (tertiary/aromatic N) is 1. The molecule has 3 aliphatic heterocycles. The van der Waals surface area contributed by atoms with Crippen LogP contribution in [-0.2, 0) is 22.6 Å². The number of amides is 1. The predicted octanol–water partition coefficient (Wildman–Crippen LogP) is 7.43. The molecule has 3 aliphatic rings. The van der Waals surface area contributed by atoms with E-state index in [-0.39, 0.29) is 49.3 Å². The summed E-state index contributed by atoms with van der Waals surface area (Å²) in [6.45, 7) is 3.74. The molecule has 326 valence electrons. The van der Waals surface area contributed by atoms with E-state index in [1.807, 2.05) is 72.8 Å². The molecule has 2 bridgehead atoms. The highest BCUT2D eigenvalue weighted by molar-refractivity contribution is 6.32. The van der Waals surface area contributed by atoms with Gasteiger partial charge < -0.3 is 44.8 Å². The van der Waals surface area contributed by atoms with Crippen LogP contribution >= 0.6 is 11.6 Å². The summed E-state index contributed by atoms with van der Waals surface area (Å²) in [4.78, 5) is 42.8. The number of alkyl carbamates (subject to hydrolysis) is 1. The summed E-state index contributed by atoms with van der Waals surface area (Å²) in [6, 6.07) is 35.3. The molecule has 3 saturated heterocycles. The first-order chi connectivity index (χ1) is 30.7. The number of hydrogen-bond acceptors (Lipinski definition) is 11. The molecule has 0 radical (unpaired) electrons. The number of ether oxygens (including phenoxy) is 4. The zero-order chi connectivity index (χ0) is 43.7. The molecule has 0 saturated carbocycles. The molecular formula is C49H49ClN4O9. The van der Waals surface area contributed by atoms with Crippen LogP contribution in [0.1, 0.15) is 63.2 Å². The molecule has 6 aromatic rings. The van der Waals surface area contributed by atoms with Crippen molar-refractivity contribution < 1.29 is 38.7 Å². The third-order valence-electron chi connectivity index (χ3n) is 11.6. The number of phenols is 1. The number of fused-ring (bicyclic) bond motifs is 4. The van der Waals surface area contributed by atoms with Gasteiger partial charge in [-0.15, -0.1) is 0 Å². The minimum absolute atomic E-state index is 0.00680. The third kappa shape index (κ3) is 10.8.